The van der Waals surface area contributed by atoms with Crippen molar-refractivity contribution in [1.29, 1.82) is 0 Å². The van der Waals surface area contributed by atoms with E-state index in [0.717, 1.165) is 11.0 Å². The molecule has 90 valence electrons. The molecule has 1 saturated heterocycles. The fourth-order valence-corrected chi connectivity index (χ4v) is 1.87. The summed E-state index contributed by atoms with van der Waals surface area (Å²) >= 11 is 5.63. The zero-order valence-corrected chi connectivity index (χ0v) is 9.79. The van der Waals surface area contributed by atoms with Crippen molar-refractivity contribution in [2.24, 2.45) is 0 Å². The van der Waals surface area contributed by atoms with Gasteiger partial charge in [-0.1, -0.05) is 11.6 Å². The Bertz CT molecular complexity index is 492. The predicted octanol–water partition coefficient (Wildman–Crippen LogP) is 1.33. The molecule has 1 N–H and O–H groups in total. The molecule has 1 fully saturated rings. The van der Waals surface area contributed by atoms with Gasteiger partial charge in [-0.25, -0.2) is 4.39 Å². The van der Waals surface area contributed by atoms with Gasteiger partial charge in [0.2, 0.25) is 11.8 Å². The zero-order chi connectivity index (χ0) is 12.6. The molecule has 1 heterocycles. The number of nitrogens with one attached hydrogen (secondary N) is 1. The maximum Gasteiger partial charge on any atom is 0.249 e. The molecule has 0 spiro atoms. The molecule has 6 heteroatoms. The van der Waals surface area contributed by atoms with Crippen molar-refractivity contribution in [1.82, 2.24) is 5.32 Å². The van der Waals surface area contributed by atoms with Crippen LogP contribution in [0.3, 0.4) is 0 Å². The first-order valence-electron chi connectivity index (χ1n) is 5.05. The monoisotopic (exact) mass is 256 g/mol. The van der Waals surface area contributed by atoms with E-state index in [1.165, 1.54) is 12.1 Å². The predicted molar refractivity (Wildman–Crippen MR) is 61.4 cm³/mol. The third-order valence-corrected chi connectivity index (χ3v) is 2.75. The summed E-state index contributed by atoms with van der Waals surface area (Å²) < 4.78 is 13.7. The average molecular weight is 257 g/mol. The van der Waals surface area contributed by atoms with Gasteiger partial charge in [0.05, 0.1) is 5.69 Å². The maximum atomic E-state index is 13.7. The molecule has 1 aromatic carbocycles. The normalized spacial score (nSPS) is 20.4. The summed E-state index contributed by atoms with van der Waals surface area (Å²) in [7, 11) is 0. The number of piperazine rings is 1. The summed E-state index contributed by atoms with van der Waals surface area (Å²) in [5, 5.41) is 2.72. The number of hydrogen-bond acceptors (Lipinski definition) is 2. The SMILES string of the molecule is CC1NC(=O)CN(c2ccc(Cl)cc2F)C1=O. The molecule has 0 aromatic heterocycles. The Kier molecular flexibility index (Phi) is 3.02. The molecular weight excluding hydrogens is 247 g/mol. The molecule has 1 atom stereocenters. The Balaban J connectivity index is 2.38. The molecule has 4 nitrogen and oxygen atoms in total. The lowest BCUT2D eigenvalue weighted by atomic mass is 10.2. The van der Waals surface area contributed by atoms with Crippen molar-refractivity contribution in [3.8, 4) is 0 Å². The fraction of sp³-hybridized carbons (Fsp3) is 0.273. The van der Waals surface area contributed by atoms with Crippen molar-refractivity contribution in [3.05, 3.63) is 29.0 Å². The summed E-state index contributed by atoms with van der Waals surface area (Å²) in [6.07, 6.45) is 0. The van der Waals surface area contributed by atoms with Crippen LogP contribution >= 0.6 is 11.6 Å². The summed E-state index contributed by atoms with van der Waals surface area (Å²) in [4.78, 5) is 24.3. The minimum absolute atomic E-state index is 0.0705. The smallest absolute Gasteiger partial charge is 0.249 e. The Morgan fingerprint density at radius 2 is 2.18 bits per heavy atom. The average Bonchev–Trinajstić information content (AvgIpc) is 2.24. The highest BCUT2D eigenvalue weighted by molar-refractivity contribution is 6.30. The van der Waals surface area contributed by atoms with E-state index in [0.29, 0.717) is 0 Å². The van der Waals surface area contributed by atoms with E-state index in [1.54, 1.807) is 6.92 Å². The molecule has 0 saturated carbocycles. The zero-order valence-electron chi connectivity index (χ0n) is 9.04. The van der Waals surface area contributed by atoms with Crippen LogP contribution in [0.25, 0.3) is 0 Å². The van der Waals surface area contributed by atoms with Crippen LogP contribution in [0.2, 0.25) is 5.02 Å². The molecule has 1 aliphatic heterocycles. The van der Waals surface area contributed by atoms with E-state index >= 15 is 0 Å². The summed E-state index contributed by atoms with van der Waals surface area (Å²) in [5.74, 6) is -1.27. The van der Waals surface area contributed by atoms with Gasteiger partial charge in [0.1, 0.15) is 18.4 Å². The molecule has 1 aromatic rings. The van der Waals surface area contributed by atoms with Crippen LogP contribution in [-0.4, -0.2) is 24.4 Å². The highest BCUT2D eigenvalue weighted by atomic mass is 35.5. The second kappa shape index (κ2) is 4.33. The lowest BCUT2D eigenvalue weighted by Gasteiger charge is -2.30. The second-order valence-electron chi connectivity index (χ2n) is 3.81. The molecule has 2 rings (SSSR count). The van der Waals surface area contributed by atoms with Gasteiger partial charge in [-0.15, -0.1) is 0 Å². The van der Waals surface area contributed by atoms with Crippen molar-refractivity contribution in [3.63, 3.8) is 0 Å². The van der Waals surface area contributed by atoms with Crippen LogP contribution in [0.5, 0.6) is 0 Å². The lowest BCUT2D eigenvalue weighted by molar-refractivity contribution is -0.130. The highest BCUT2D eigenvalue weighted by Crippen LogP contribution is 2.24. The number of carbonyl (C=O) groups excluding carboxylic acids is 2. The third kappa shape index (κ3) is 2.24. The fourth-order valence-electron chi connectivity index (χ4n) is 1.71. The number of anilines is 1. The maximum absolute atomic E-state index is 13.7. The van der Waals surface area contributed by atoms with E-state index in [1.807, 2.05) is 0 Å². The van der Waals surface area contributed by atoms with Crippen LogP contribution in [0.4, 0.5) is 10.1 Å². The lowest BCUT2D eigenvalue weighted by Crippen LogP contribution is -2.57. The van der Waals surface area contributed by atoms with Gasteiger partial charge >= 0.3 is 0 Å². The Morgan fingerprint density at radius 1 is 1.47 bits per heavy atom. The topological polar surface area (TPSA) is 49.4 Å². The molecule has 2 amide bonds. The van der Waals surface area contributed by atoms with Crippen LogP contribution in [0.1, 0.15) is 6.92 Å². The van der Waals surface area contributed by atoms with Crippen LogP contribution in [-0.2, 0) is 9.59 Å². The molecule has 0 bridgehead atoms. The number of hydrogen-bond donors (Lipinski definition) is 1. The molecule has 0 aliphatic carbocycles. The molecule has 17 heavy (non-hydrogen) atoms. The van der Waals surface area contributed by atoms with Crippen LogP contribution < -0.4 is 10.2 Å². The van der Waals surface area contributed by atoms with Gasteiger partial charge in [0.25, 0.3) is 0 Å². The number of benzene rings is 1. The largest absolute Gasteiger partial charge is 0.343 e. The second-order valence-corrected chi connectivity index (χ2v) is 4.25. The van der Waals surface area contributed by atoms with E-state index in [2.05, 4.69) is 5.32 Å². The van der Waals surface area contributed by atoms with Gasteiger partial charge < -0.3 is 5.32 Å². The number of amides is 2. The molecule has 0 radical (unpaired) electrons. The highest BCUT2D eigenvalue weighted by Gasteiger charge is 2.31. The van der Waals surface area contributed by atoms with E-state index in [9.17, 15) is 14.0 Å². The van der Waals surface area contributed by atoms with Gasteiger partial charge in [0, 0.05) is 5.02 Å². The van der Waals surface area contributed by atoms with E-state index < -0.39 is 11.9 Å². The van der Waals surface area contributed by atoms with Gasteiger partial charge in [0.15, 0.2) is 0 Å². The van der Waals surface area contributed by atoms with Crippen molar-refractivity contribution in [2.45, 2.75) is 13.0 Å². The third-order valence-electron chi connectivity index (χ3n) is 2.52. The number of carbonyl (C=O) groups is 2. The standard InChI is InChI=1S/C11H10ClFN2O2/c1-6-11(17)15(5-10(16)14-6)9-3-2-7(12)4-8(9)13/h2-4,6H,5H2,1H3,(H,14,16). The first-order chi connectivity index (χ1) is 7.99. The Labute approximate surface area is 102 Å². The molecule has 1 unspecified atom stereocenters. The molecule has 1 aliphatic rings. The van der Waals surface area contributed by atoms with Gasteiger partial charge in [-0.05, 0) is 25.1 Å². The number of nitrogens with zero attached hydrogens (tertiary/aromatic N) is 1. The first-order valence-corrected chi connectivity index (χ1v) is 5.42. The van der Waals surface area contributed by atoms with Crippen LogP contribution in [0, 0.1) is 5.82 Å². The minimum atomic E-state index is -0.647. The summed E-state index contributed by atoms with van der Waals surface area (Å²) in [6, 6.07) is 3.33. The molecular formula is C11H10ClFN2O2. The Hall–Kier alpha value is -1.62. The Morgan fingerprint density at radius 3 is 2.82 bits per heavy atom. The van der Waals surface area contributed by atoms with Crippen molar-refractivity contribution < 1.29 is 14.0 Å². The minimum Gasteiger partial charge on any atom is -0.343 e. The van der Waals surface area contributed by atoms with Crippen LogP contribution in [0.15, 0.2) is 18.2 Å². The van der Waals surface area contributed by atoms with Crippen molar-refractivity contribution in [2.75, 3.05) is 11.4 Å². The first kappa shape index (κ1) is 11.9. The van der Waals surface area contributed by atoms with Gasteiger partial charge in [-0.3, -0.25) is 14.5 Å². The van der Waals surface area contributed by atoms with Gasteiger partial charge in [-0.2, -0.15) is 0 Å². The van der Waals surface area contributed by atoms with E-state index in [-0.39, 0.29) is 29.1 Å². The summed E-state index contributed by atoms with van der Waals surface area (Å²) in [5.41, 5.74) is 0.0705. The number of halogens is 2. The van der Waals surface area contributed by atoms with Crippen molar-refractivity contribution >= 4 is 29.1 Å². The summed E-state index contributed by atoms with van der Waals surface area (Å²) in [6.45, 7) is 1.38. The van der Waals surface area contributed by atoms with E-state index in [4.69, 9.17) is 11.6 Å². The number of rotatable bonds is 1. The quantitative estimate of drug-likeness (QED) is 0.824.